The summed E-state index contributed by atoms with van der Waals surface area (Å²) in [6.45, 7) is 2.24. The van der Waals surface area contributed by atoms with E-state index in [0.29, 0.717) is 11.9 Å². The maximum absolute atomic E-state index is 12.2. The molecule has 1 N–H and O–H groups in total. The molecule has 0 aliphatic rings. The van der Waals surface area contributed by atoms with Crippen LogP contribution in [-0.2, 0) is 10.0 Å². The molecule has 1 aromatic heterocycles. The van der Waals surface area contributed by atoms with E-state index in [1.165, 1.54) is 0 Å². The molecule has 0 spiro atoms. The monoisotopic (exact) mass is 328 g/mol. The van der Waals surface area contributed by atoms with Crippen molar-refractivity contribution in [2.45, 2.75) is 16.6 Å². The van der Waals surface area contributed by atoms with E-state index in [4.69, 9.17) is 0 Å². The highest BCUT2D eigenvalue weighted by molar-refractivity contribution is 9.09. The van der Waals surface area contributed by atoms with E-state index in [9.17, 15) is 8.42 Å². The quantitative estimate of drug-likeness (QED) is 0.876. The third kappa shape index (κ3) is 2.88. The standard InChI is InChI=1S/C12H13BrN2O2S/c1-9(13)7-15-18(16,17)12-4-2-3-10-8-14-6-5-11(10)12/h2-6,8-9,15H,7H2,1H3. The first-order valence-electron chi connectivity index (χ1n) is 5.47. The van der Waals surface area contributed by atoms with E-state index >= 15 is 0 Å². The van der Waals surface area contributed by atoms with E-state index in [0.717, 1.165) is 5.39 Å². The Bertz CT molecular complexity index is 651. The zero-order valence-corrected chi connectivity index (χ0v) is 12.2. The molecule has 0 saturated heterocycles. The van der Waals surface area contributed by atoms with Gasteiger partial charge in [-0.15, -0.1) is 0 Å². The molecule has 96 valence electrons. The number of rotatable bonds is 4. The van der Waals surface area contributed by atoms with Gasteiger partial charge in [-0.2, -0.15) is 0 Å². The highest BCUT2D eigenvalue weighted by Crippen LogP contribution is 2.21. The van der Waals surface area contributed by atoms with Gasteiger partial charge in [0, 0.05) is 34.5 Å². The number of hydrogen-bond acceptors (Lipinski definition) is 3. The van der Waals surface area contributed by atoms with Gasteiger partial charge >= 0.3 is 0 Å². The minimum absolute atomic E-state index is 0.0870. The number of alkyl halides is 1. The van der Waals surface area contributed by atoms with Gasteiger partial charge in [-0.1, -0.05) is 35.0 Å². The van der Waals surface area contributed by atoms with Crippen molar-refractivity contribution in [3.05, 3.63) is 36.7 Å². The summed E-state index contributed by atoms with van der Waals surface area (Å²) >= 11 is 3.31. The molecule has 1 unspecified atom stereocenters. The maximum Gasteiger partial charge on any atom is 0.241 e. The van der Waals surface area contributed by atoms with E-state index in [1.54, 1.807) is 30.6 Å². The number of nitrogens with zero attached hydrogens (tertiary/aromatic N) is 1. The minimum Gasteiger partial charge on any atom is -0.264 e. The lowest BCUT2D eigenvalue weighted by Crippen LogP contribution is -2.28. The van der Waals surface area contributed by atoms with Crippen molar-refractivity contribution in [1.82, 2.24) is 9.71 Å². The number of aromatic nitrogens is 1. The first-order chi connectivity index (χ1) is 8.50. The van der Waals surface area contributed by atoms with Crippen molar-refractivity contribution in [1.29, 1.82) is 0 Å². The molecular formula is C12H13BrN2O2S. The van der Waals surface area contributed by atoms with Crippen LogP contribution >= 0.6 is 15.9 Å². The Hall–Kier alpha value is -0.980. The lowest BCUT2D eigenvalue weighted by atomic mass is 10.2. The van der Waals surface area contributed by atoms with Crippen molar-refractivity contribution >= 4 is 36.7 Å². The van der Waals surface area contributed by atoms with Gasteiger partial charge in [0.2, 0.25) is 10.0 Å². The summed E-state index contributed by atoms with van der Waals surface area (Å²) in [4.78, 5) is 4.36. The van der Waals surface area contributed by atoms with Crippen molar-refractivity contribution in [2.75, 3.05) is 6.54 Å². The SMILES string of the molecule is CC(Br)CNS(=O)(=O)c1cccc2cnccc12. The summed E-state index contributed by atoms with van der Waals surface area (Å²) in [5.41, 5.74) is 0. The number of benzene rings is 1. The van der Waals surface area contributed by atoms with Crippen LogP contribution in [0.5, 0.6) is 0 Å². The molecule has 2 aromatic rings. The van der Waals surface area contributed by atoms with Gasteiger partial charge in [-0.25, -0.2) is 13.1 Å². The second kappa shape index (κ2) is 5.34. The van der Waals surface area contributed by atoms with Crippen molar-refractivity contribution in [3.8, 4) is 0 Å². The Morgan fingerprint density at radius 3 is 2.89 bits per heavy atom. The van der Waals surface area contributed by atoms with Crippen LogP contribution in [0.15, 0.2) is 41.6 Å². The van der Waals surface area contributed by atoms with Gasteiger partial charge in [0.1, 0.15) is 0 Å². The van der Waals surface area contributed by atoms with Gasteiger partial charge in [0.05, 0.1) is 4.90 Å². The van der Waals surface area contributed by atoms with Gasteiger partial charge < -0.3 is 0 Å². The molecule has 1 heterocycles. The second-order valence-corrected chi connectivity index (χ2v) is 7.28. The molecular weight excluding hydrogens is 316 g/mol. The average Bonchev–Trinajstić information content (AvgIpc) is 2.36. The van der Waals surface area contributed by atoms with Crippen LogP contribution in [0.2, 0.25) is 0 Å². The Labute approximate surface area is 115 Å². The number of pyridine rings is 1. The van der Waals surface area contributed by atoms with Crippen LogP contribution in [0.25, 0.3) is 10.8 Å². The minimum atomic E-state index is -3.49. The molecule has 0 fully saturated rings. The number of nitrogens with one attached hydrogen (secondary N) is 1. The summed E-state index contributed by atoms with van der Waals surface area (Å²) in [6.07, 6.45) is 3.25. The van der Waals surface area contributed by atoms with Gasteiger partial charge in [0.15, 0.2) is 0 Å². The number of fused-ring (bicyclic) bond motifs is 1. The number of halogens is 1. The van der Waals surface area contributed by atoms with Crippen LogP contribution in [-0.4, -0.2) is 24.8 Å². The maximum atomic E-state index is 12.2. The molecule has 0 amide bonds. The Morgan fingerprint density at radius 2 is 2.17 bits per heavy atom. The number of hydrogen-bond donors (Lipinski definition) is 1. The summed E-state index contributed by atoms with van der Waals surface area (Å²) in [5.74, 6) is 0. The summed E-state index contributed by atoms with van der Waals surface area (Å²) in [5, 5.41) is 1.49. The normalized spacial score (nSPS) is 13.7. The molecule has 4 nitrogen and oxygen atoms in total. The van der Waals surface area contributed by atoms with E-state index in [2.05, 4.69) is 25.6 Å². The van der Waals surface area contributed by atoms with Crippen molar-refractivity contribution < 1.29 is 8.42 Å². The average molecular weight is 329 g/mol. The Balaban J connectivity index is 2.47. The fraction of sp³-hybridized carbons (Fsp3) is 0.250. The highest BCUT2D eigenvalue weighted by Gasteiger charge is 2.17. The van der Waals surface area contributed by atoms with Crippen LogP contribution in [0.3, 0.4) is 0 Å². The molecule has 0 radical (unpaired) electrons. The lowest BCUT2D eigenvalue weighted by molar-refractivity contribution is 0.582. The Kier molecular flexibility index (Phi) is 3.99. The summed E-state index contributed by atoms with van der Waals surface area (Å²) < 4.78 is 27.0. The molecule has 6 heteroatoms. The molecule has 0 bridgehead atoms. The second-order valence-electron chi connectivity index (χ2n) is 3.99. The molecule has 1 atom stereocenters. The van der Waals surface area contributed by atoms with E-state index in [1.807, 2.05) is 13.0 Å². The molecule has 0 saturated carbocycles. The summed E-state index contributed by atoms with van der Waals surface area (Å²) in [6, 6.07) is 6.87. The van der Waals surface area contributed by atoms with Gasteiger partial charge in [-0.05, 0) is 12.1 Å². The first kappa shape index (κ1) is 13.5. The molecule has 0 aliphatic heterocycles. The predicted octanol–water partition coefficient (Wildman–Crippen LogP) is 2.30. The van der Waals surface area contributed by atoms with Crippen LogP contribution in [0.1, 0.15) is 6.92 Å². The first-order valence-corrected chi connectivity index (χ1v) is 7.87. The zero-order valence-electron chi connectivity index (χ0n) is 9.80. The number of sulfonamides is 1. The van der Waals surface area contributed by atoms with Crippen molar-refractivity contribution in [2.24, 2.45) is 0 Å². The third-order valence-electron chi connectivity index (χ3n) is 2.48. The molecule has 1 aromatic carbocycles. The van der Waals surface area contributed by atoms with E-state index < -0.39 is 10.0 Å². The zero-order chi connectivity index (χ0) is 13.2. The van der Waals surface area contributed by atoms with Gasteiger partial charge in [-0.3, -0.25) is 4.98 Å². The predicted molar refractivity (Wildman–Crippen MR) is 75.3 cm³/mol. The smallest absolute Gasteiger partial charge is 0.241 e. The van der Waals surface area contributed by atoms with Crippen LogP contribution in [0.4, 0.5) is 0 Å². The fourth-order valence-electron chi connectivity index (χ4n) is 1.63. The molecule has 18 heavy (non-hydrogen) atoms. The van der Waals surface area contributed by atoms with E-state index in [-0.39, 0.29) is 9.72 Å². The van der Waals surface area contributed by atoms with Crippen LogP contribution in [0, 0.1) is 0 Å². The van der Waals surface area contributed by atoms with Crippen LogP contribution < -0.4 is 4.72 Å². The highest BCUT2D eigenvalue weighted by atomic mass is 79.9. The third-order valence-corrected chi connectivity index (χ3v) is 4.29. The topological polar surface area (TPSA) is 59.1 Å². The molecule has 2 rings (SSSR count). The van der Waals surface area contributed by atoms with Gasteiger partial charge in [0.25, 0.3) is 0 Å². The molecule has 0 aliphatic carbocycles. The Morgan fingerprint density at radius 1 is 1.39 bits per heavy atom. The summed E-state index contributed by atoms with van der Waals surface area (Å²) in [7, 11) is -3.49. The lowest BCUT2D eigenvalue weighted by Gasteiger charge is -2.10. The van der Waals surface area contributed by atoms with Crippen molar-refractivity contribution in [3.63, 3.8) is 0 Å². The largest absolute Gasteiger partial charge is 0.264 e. The fourth-order valence-corrected chi connectivity index (χ4v) is 3.36.